The summed E-state index contributed by atoms with van der Waals surface area (Å²) in [6.45, 7) is 3.86. The van der Waals surface area contributed by atoms with Gasteiger partial charge in [-0.1, -0.05) is 13.8 Å². The van der Waals surface area contributed by atoms with Crippen molar-refractivity contribution in [3.63, 3.8) is 0 Å². The summed E-state index contributed by atoms with van der Waals surface area (Å²) in [5, 5.41) is 12.9. The third-order valence-electron chi connectivity index (χ3n) is 2.46. The van der Waals surface area contributed by atoms with Crippen molar-refractivity contribution in [2.45, 2.75) is 13.8 Å². The fraction of sp³-hybridized carbons (Fsp3) is 0.583. The van der Waals surface area contributed by atoms with Crippen molar-refractivity contribution in [3.8, 4) is 5.88 Å². The number of aromatic nitrogens is 2. The number of carbonyl (C=O) groups is 2. The molecule has 1 amide bonds. The summed E-state index contributed by atoms with van der Waals surface area (Å²) >= 11 is 0. The quantitative estimate of drug-likeness (QED) is 0.818. The van der Waals surface area contributed by atoms with Gasteiger partial charge in [0.2, 0.25) is 5.88 Å². The average molecular weight is 269 g/mol. The van der Waals surface area contributed by atoms with Gasteiger partial charge in [0.25, 0.3) is 5.91 Å². The summed E-state index contributed by atoms with van der Waals surface area (Å²) in [5.41, 5.74) is 0.182. The lowest BCUT2D eigenvalue weighted by Gasteiger charge is -2.21. The molecule has 1 rings (SSSR count). The fourth-order valence-electron chi connectivity index (χ4n) is 1.73. The Morgan fingerprint density at radius 2 is 2.16 bits per heavy atom. The topological polar surface area (TPSA) is 84.7 Å². The Kier molecular flexibility index (Phi) is 4.91. The van der Waals surface area contributed by atoms with Gasteiger partial charge in [-0.15, -0.1) is 0 Å². The van der Waals surface area contributed by atoms with Crippen molar-refractivity contribution in [1.29, 1.82) is 0 Å². The Hall–Kier alpha value is -2.05. The van der Waals surface area contributed by atoms with Gasteiger partial charge < -0.3 is 14.7 Å². The summed E-state index contributed by atoms with van der Waals surface area (Å²) in [6.07, 6.45) is 0. The van der Waals surface area contributed by atoms with Crippen LogP contribution in [0, 0.1) is 5.92 Å². The molecule has 0 aliphatic heterocycles. The Bertz CT molecular complexity index is 468. The Labute approximate surface area is 111 Å². The molecule has 7 nitrogen and oxygen atoms in total. The molecular weight excluding hydrogens is 250 g/mol. The largest absolute Gasteiger partial charge is 0.481 e. The van der Waals surface area contributed by atoms with E-state index >= 15 is 0 Å². The number of rotatable bonds is 6. The SMILES string of the molecule is COc1cc(C(=O)N(CC(=O)O)CC(C)C)nn1C. The van der Waals surface area contributed by atoms with Crippen LogP contribution in [0.5, 0.6) is 5.88 Å². The van der Waals surface area contributed by atoms with E-state index in [0.29, 0.717) is 12.4 Å². The second-order valence-corrected chi connectivity index (χ2v) is 4.67. The predicted octanol–water partition coefficient (Wildman–Crippen LogP) is 0.611. The number of amides is 1. The zero-order valence-electron chi connectivity index (χ0n) is 11.6. The maximum absolute atomic E-state index is 12.2. The van der Waals surface area contributed by atoms with Crippen LogP contribution in [0.1, 0.15) is 24.3 Å². The molecule has 0 saturated heterocycles. The minimum absolute atomic E-state index is 0.175. The maximum atomic E-state index is 12.2. The first kappa shape index (κ1) is 15.0. The number of ether oxygens (including phenoxy) is 1. The molecule has 1 aromatic heterocycles. The average Bonchev–Trinajstić information content (AvgIpc) is 2.67. The first-order chi connectivity index (χ1) is 8.85. The van der Waals surface area contributed by atoms with Gasteiger partial charge in [-0.25, -0.2) is 4.68 Å². The monoisotopic (exact) mass is 269 g/mol. The Morgan fingerprint density at radius 1 is 1.53 bits per heavy atom. The van der Waals surface area contributed by atoms with Crippen molar-refractivity contribution in [2.75, 3.05) is 20.2 Å². The second-order valence-electron chi connectivity index (χ2n) is 4.67. The first-order valence-electron chi connectivity index (χ1n) is 5.94. The molecule has 0 spiro atoms. The number of hydrogen-bond donors (Lipinski definition) is 1. The number of hydrogen-bond acceptors (Lipinski definition) is 4. The minimum atomic E-state index is -1.04. The van der Waals surface area contributed by atoms with Crippen molar-refractivity contribution >= 4 is 11.9 Å². The molecule has 0 radical (unpaired) electrons. The summed E-state index contributed by atoms with van der Waals surface area (Å²) in [4.78, 5) is 24.3. The predicted molar refractivity (Wildman–Crippen MR) is 68.1 cm³/mol. The molecule has 106 valence electrons. The molecule has 1 aromatic rings. The van der Waals surface area contributed by atoms with E-state index in [1.165, 1.54) is 22.8 Å². The van der Waals surface area contributed by atoms with Crippen LogP contribution in [0.15, 0.2) is 6.07 Å². The smallest absolute Gasteiger partial charge is 0.323 e. The van der Waals surface area contributed by atoms with E-state index in [1.54, 1.807) is 7.05 Å². The van der Waals surface area contributed by atoms with Gasteiger partial charge in [0.05, 0.1) is 7.11 Å². The Morgan fingerprint density at radius 3 is 2.58 bits per heavy atom. The number of aliphatic carboxylic acids is 1. The van der Waals surface area contributed by atoms with E-state index < -0.39 is 11.9 Å². The van der Waals surface area contributed by atoms with E-state index in [-0.39, 0.29) is 18.2 Å². The van der Waals surface area contributed by atoms with Gasteiger partial charge in [0.15, 0.2) is 5.69 Å². The Balaban J connectivity index is 2.93. The third kappa shape index (κ3) is 3.97. The maximum Gasteiger partial charge on any atom is 0.323 e. The molecule has 0 aliphatic carbocycles. The number of aryl methyl sites for hydroxylation is 1. The highest BCUT2D eigenvalue weighted by molar-refractivity contribution is 5.94. The molecule has 0 saturated carbocycles. The van der Waals surface area contributed by atoms with Gasteiger partial charge >= 0.3 is 5.97 Å². The van der Waals surface area contributed by atoms with Crippen LogP contribution in [-0.4, -0.2) is 51.9 Å². The van der Waals surface area contributed by atoms with E-state index in [0.717, 1.165) is 0 Å². The van der Waals surface area contributed by atoms with Crippen LogP contribution < -0.4 is 4.74 Å². The van der Waals surface area contributed by atoms with E-state index in [2.05, 4.69) is 5.10 Å². The highest BCUT2D eigenvalue weighted by atomic mass is 16.5. The van der Waals surface area contributed by atoms with Crippen LogP contribution in [-0.2, 0) is 11.8 Å². The van der Waals surface area contributed by atoms with Crippen LogP contribution in [0.3, 0.4) is 0 Å². The summed E-state index contributed by atoms with van der Waals surface area (Å²) < 4.78 is 6.46. The zero-order chi connectivity index (χ0) is 14.6. The second kappa shape index (κ2) is 6.21. The lowest BCUT2D eigenvalue weighted by molar-refractivity contribution is -0.137. The summed E-state index contributed by atoms with van der Waals surface area (Å²) in [7, 11) is 3.13. The van der Waals surface area contributed by atoms with Crippen molar-refractivity contribution in [3.05, 3.63) is 11.8 Å². The van der Waals surface area contributed by atoms with Crippen LogP contribution in [0.2, 0.25) is 0 Å². The molecule has 0 unspecified atom stereocenters. The normalized spacial score (nSPS) is 10.6. The van der Waals surface area contributed by atoms with E-state index in [4.69, 9.17) is 9.84 Å². The highest BCUT2D eigenvalue weighted by Gasteiger charge is 2.22. The molecule has 19 heavy (non-hydrogen) atoms. The molecular formula is C12H19N3O4. The van der Waals surface area contributed by atoms with E-state index in [9.17, 15) is 9.59 Å². The number of carbonyl (C=O) groups excluding carboxylic acids is 1. The van der Waals surface area contributed by atoms with Gasteiger partial charge in [0, 0.05) is 19.7 Å². The lowest BCUT2D eigenvalue weighted by atomic mass is 10.2. The molecule has 1 N–H and O–H groups in total. The van der Waals surface area contributed by atoms with Gasteiger partial charge in [-0.05, 0) is 5.92 Å². The summed E-state index contributed by atoms with van der Waals surface area (Å²) in [6, 6.07) is 1.50. The van der Waals surface area contributed by atoms with Gasteiger partial charge in [0.1, 0.15) is 6.54 Å². The zero-order valence-corrected chi connectivity index (χ0v) is 11.6. The van der Waals surface area contributed by atoms with Gasteiger partial charge in [-0.2, -0.15) is 5.10 Å². The molecule has 0 fully saturated rings. The standard InChI is InChI=1S/C12H19N3O4/c1-8(2)6-15(7-11(16)17)12(18)9-5-10(19-4)14(3)13-9/h5,8H,6-7H2,1-4H3,(H,16,17). The summed E-state index contributed by atoms with van der Waals surface area (Å²) in [5.74, 6) is -0.830. The number of carboxylic acids is 1. The number of nitrogens with zero attached hydrogens (tertiary/aromatic N) is 3. The molecule has 0 aliphatic rings. The van der Waals surface area contributed by atoms with Crippen molar-refractivity contribution in [1.82, 2.24) is 14.7 Å². The lowest BCUT2D eigenvalue weighted by Crippen LogP contribution is -2.38. The van der Waals surface area contributed by atoms with E-state index in [1.807, 2.05) is 13.8 Å². The molecule has 0 bridgehead atoms. The molecule has 0 aromatic carbocycles. The van der Waals surface area contributed by atoms with Crippen molar-refractivity contribution in [2.24, 2.45) is 13.0 Å². The fourth-order valence-corrected chi connectivity index (χ4v) is 1.73. The number of carboxylic acid groups (broad SMARTS) is 1. The third-order valence-corrected chi connectivity index (χ3v) is 2.46. The van der Waals surface area contributed by atoms with Crippen LogP contribution in [0.4, 0.5) is 0 Å². The molecule has 0 atom stereocenters. The number of methoxy groups -OCH3 is 1. The first-order valence-corrected chi connectivity index (χ1v) is 5.94. The minimum Gasteiger partial charge on any atom is -0.481 e. The van der Waals surface area contributed by atoms with Crippen LogP contribution >= 0.6 is 0 Å². The van der Waals surface area contributed by atoms with Gasteiger partial charge in [-0.3, -0.25) is 9.59 Å². The molecule has 1 heterocycles. The van der Waals surface area contributed by atoms with Crippen molar-refractivity contribution < 1.29 is 19.4 Å². The molecule has 7 heteroatoms. The highest BCUT2D eigenvalue weighted by Crippen LogP contribution is 2.13. The van der Waals surface area contributed by atoms with Crippen LogP contribution in [0.25, 0.3) is 0 Å².